The smallest absolute Gasteiger partial charge is 0.200 e. The first kappa shape index (κ1) is 15.4. The molecule has 102 valence electrons. The Morgan fingerprint density at radius 2 is 1.89 bits per heavy atom. The molecular formula is C12H12ClNO4S. The van der Waals surface area contributed by atoms with Gasteiger partial charge in [0.25, 0.3) is 0 Å². The summed E-state index contributed by atoms with van der Waals surface area (Å²) in [6.07, 6.45) is 2.22. The van der Waals surface area contributed by atoms with Crippen molar-refractivity contribution in [3.8, 4) is 0 Å². The second-order valence-electron chi connectivity index (χ2n) is 4.07. The highest BCUT2D eigenvalue weighted by atomic mass is 35.5. The van der Waals surface area contributed by atoms with Crippen LogP contribution >= 0.6 is 12.4 Å². The van der Waals surface area contributed by atoms with E-state index in [1.165, 1.54) is 6.20 Å². The van der Waals surface area contributed by atoms with Crippen LogP contribution in [0.15, 0.2) is 35.3 Å². The fourth-order valence-corrected chi connectivity index (χ4v) is 2.32. The molecule has 1 N–H and O–H groups in total. The normalized spacial score (nSPS) is 11.0. The third-order valence-electron chi connectivity index (χ3n) is 2.48. The Morgan fingerprint density at radius 1 is 1.26 bits per heavy atom. The van der Waals surface area contributed by atoms with Crippen molar-refractivity contribution in [1.29, 1.82) is 0 Å². The Morgan fingerprint density at radius 3 is 2.53 bits per heavy atom. The number of pyridine rings is 1. The van der Waals surface area contributed by atoms with Crippen LogP contribution in [0.3, 0.4) is 0 Å². The fraction of sp³-hybridized carbons (Fsp3) is 0.167. The van der Waals surface area contributed by atoms with Crippen LogP contribution in [0, 0.1) is 0 Å². The fourth-order valence-electron chi connectivity index (χ4n) is 1.69. The van der Waals surface area contributed by atoms with E-state index < -0.39 is 26.8 Å². The van der Waals surface area contributed by atoms with Gasteiger partial charge in [0.1, 0.15) is 5.75 Å². The number of carbonyl (C=O) groups excluding carboxylic acids is 1. The van der Waals surface area contributed by atoms with Crippen molar-refractivity contribution in [2.45, 2.75) is 0 Å². The number of rotatable bonds is 3. The Kier molecular flexibility index (Phi) is 4.49. The lowest BCUT2D eigenvalue weighted by molar-refractivity contribution is 0.102. The first-order valence-electron chi connectivity index (χ1n) is 5.20. The van der Waals surface area contributed by atoms with Gasteiger partial charge in [0.05, 0.1) is 5.56 Å². The summed E-state index contributed by atoms with van der Waals surface area (Å²) in [5.74, 6) is -1.35. The molecule has 0 saturated heterocycles. The van der Waals surface area contributed by atoms with Gasteiger partial charge in [-0.3, -0.25) is 9.59 Å². The predicted molar refractivity (Wildman–Crippen MR) is 75.9 cm³/mol. The Bertz CT molecular complexity index is 780. The van der Waals surface area contributed by atoms with Gasteiger partial charge >= 0.3 is 0 Å². The highest BCUT2D eigenvalue weighted by Gasteiger charge is 2.17. The second-order valence-corrected chi connectivity index (χ2v) is 6.21. The van der Waals surface area contributed by atoms with Crippen LogP contribution in [0.4, 0.5) is 0 Å². The number of nitrogens with one attached hydrogen (secondary N) is 1. The molecule has 19 heavy (non-hydrogen) atoms. The summed E-state index contributed by atoms with van der Waals surface area (Å²) in [5.41, 5.74) is 0.0375. The molecule has 0 atom stereocenters. The van der Waals surface area contributed by atoms with Gasteiger partial charge in [-0.25, -0.2) is 8.42 Å². The number of ketones is 1. The molecule has 1 heterocycles. The number of halogens is 1. The molecule has 0 fully saturated rings. The maximum absolute atomic E-state index is 12.0. The lowest BCUT2D eigenvalue weighted by Crippen LogP contribution is -2.22. The number of hydrogen-bond acceptors (Lipinski definition) is 4. The number of fused-ring (bicyclic) bond motifs is 1. The zero-order valence-corrected chi connectivity index (χ0v) is 11.7. The van der Waals surface area contributed by atoms with E-state index in [4.69, 9.17) is 0 Å². The highest BCUT2D eigenvalue weighted by molar-refractivity contribution is 7.91. The van der Waals surface area contributed by atoms with Crippen LogP contribution in [-0.4, -0.2) is 31.2 Å². The van der Waals surface area contributed by atoms with Crippen molar-refractivity contribution >= 4 is 38.9 Å². The van der Waals surface area contributed by atoms with Crippen LogP contribution in [0.25, 0.3) is 10.9 Å². The first-order chi connectivity index (χ1) is 8.38. The van der Waals surface area contributed by atoms with Crippen molar-refractivity contribution < 1.29 is 13.2 Å². The topological polar surface area (TPSA) is 84.1 Å². The van der Waals surface area contributed by atoms with E-state index >= 15 is 0 Å². The summed E-state index contributed by atoms with van der Waals surface area (Å²) in [6, 6.07) is 6.74. The van der Waals surface area contributed by atoms with Gasteiger partial charge < -0.3 is 4.98 Å². The van der Waals surface area contributed by atoms with E-state index in [1.54, 1.807) is 24.3 Å². The molecule has 0 spiro atoms. The average molecular weight is 302 g/mol. The summed E-state index contributed by atoms with van der Waals surface area (Å²) in [6.45, 7) is 0. The summed E-state index contributed by atoms with van der Waals surface area (Å²) in [5, 5.41) is 0.372. The molecule has 0 aliphatic carbocycles. The van der Waals surface area contributed by atoms with E-state index in [0.29, 0.717) is 10.9 Å². The molecule has 0 bridgehead atoms. The molecule has 7 heteroatoms. The predicted octanol–water partition coefficient (Wildman–Crippen LogP) is 1.18. The zero-order chi connectivity index (χ0) is 13.3. The van der Waals surface area contributed by atoms with Crippen molar-refractivity contribution in [1.82, 2.24) is 4.98 Å². The molecule has 1 aromatic carbocycles. The number of sulfone groups is 1. The number of carbonyl (C=O) groups is 1. The third-order valence-corrected chi connectivity index (χ3v) is 3.27. The van der Waals surface area contributed by atoms with Gasteiger partial charge in [-0.1, -0.05) is 12.1 Å². The van der Waals surface area contributed by atoms with Crippen molar-refractivity contribution in [3.05, 3.63) is 46.2 Å². The molecule has 0 radical (unpaired) electrons. The maximum atomic E-state index is 12.0. The average Bonchev–Trinajstić information content (AvgIpc) is 2.27. The monoisotopic (exact) mass is 301 g/mol. The molecular weight excluding hydrogens is 290 g/mol. The lowest BCUT2D eigenvalue weighted by Gasteiger charge is -2.01. The van der Waals surface area contributed by atoms with Crippen molar-refractivity contribution in [3.63, 3.8) is 0 Å². The molecule has 0 aliphatic heterocycles. The van der Waals surface area contributed by atoms with E-state index in [1.807, 2.05) is 0 Å². The van der Waals surface area contributed by atoms with Gasteiger partial charge in [0.15, 0.2) is 21.0 Å². The quantitative estimate of drug-likeness (QED) is 0.863. The molecule has 5 nitrogen and oxygen atoms in total. The highest BCUT2D eigenvalue weighted by Crippen LogP contribution is 2.07. The van der Waals surface area contributed by atoms with Gasteiger partial charge in [-0.2, -0.15) is 0 Å². The Balaban J connectivity index is 0.00000180. The molecule has 0 unspecified atom stereocenters. The van der Waals surface area contributed by atoms with E-state index in [2.05, 4.69) is 4.98 Å². The minimum Gasteiger partial charge on any atom is -0.360 e. The second kappa shape index (κ2) is 5.54. The number of Topliss-reactive ketones (excluding diaryl/α,β-unsaturated/α-hetero) is 1. The summed E-state index contributed by atoms with van der Waals surface area (Å²) in [4.78, 5) is 26.6. The molecule has 2 rings (SSSR count). The number of benzene rings is 1. The number of H-pyrrole nitrogens is 1. The standard InChI is InChI=1S/C12H11NO4S.ClH/c1-18(16,17)7-11(14)9-6-13-10-5-3-2-4-8(10)12(9)15;/h2-6H,7H2,1H3,(H,13,15);1H. The molecule has 1 aromatic heterocycles. The zero-order valence-electron chi connectivity index (χ0n) is 10.0. The van der Waals surface area contributed by atoms with Crippen molar-refractivity contribution in [2.75, 3.05) is 12.0 Å². The van der Waals surface area contributed by atoms with Crippen molar-refractivity contribution in [2.24, 2.45) is 0 Å². The third kappa shape index (κ3) is 3.42. The van der Waals surface area contributed by atoms with E-state index in [0.717, 1.165) is 6.26 Å². The van der Waals surface area contributed by atoms with Gasteiger partial charge in [0, 0.05) is 23.4 Å². The first-order valence-corrected chi connectivity index (χ1v) is 7.26. The maximum Gasteiger partial charge on any atom is 0.200 e. The van der Waals surface area contributed by atoms with E-state index in [-0.39, 0.29) is 18.0 Å². The SMILES string of the molecule is CS(=O)(=O)CC(=O)c1c[nH]c2ccccc2c1=O.Cl. The number of para-hydroxylation sites is 1. The van der Waals surface area contributed by atoms with Gasteiger partial charge in [-0.15, -0.1) is 12.4 Å². The Hall–Kier alpha value is -1.66. The van der Waals surface area contributed by atoms with Crippen LogP contribution < -0.4 is 5.43 Å². The minimum absolute atomic E-state index is 0. The Labute approximate surface area is 116 Å². The van der Waals surface area contributed by atoms with E-state index in [9.17, 15) is 18.0 Å². The lowest BCUT2D eigenvalue weighted by atomic mass is 10.1. The van der Waals surface area contributed by atoms with Crippen LogP contribution in [0.5, 0.6) is 0 Å². The molecule has 0 saturated carbocycles. The van der Waals surface area contributed by atoms with Gasteiger partial charge in [0.2, 0.25) is 0 Å². The molecule has 0 aliphatic rings. The van der Waals surface area contributed by atoms with Crippen LogP contribution in [0.2, 0.25) is 0 Å². The van der Waals surface area contributed by atoms with Crippen LogP contribution in [0.1, 0.15) is 10.4 Å². The molecule has 0 amide bonds. The summed E-state index contributed by atoms with van der Waals surface area (Å²) < 4.78 is 22.1. The van der Waals surface area contributed by atoms with Crippen LogP contribution in [-0.2, 0) is 9.84 Å². The summed E-state index contributed by atoms with van der Waals surface area (Å²) >= 11 is 0. The molecule has 2 aromatic rings. The minimum atomic E-state index is -3.44. The number of aromatic amines is 1. The summed E-state index contributed by atoms with van der Waals surface area (Å²) in [7, 11) is -3.44. The number of aromatic nitrogens is 1. The number of hydrogen-bond donors (Lipinski definition) is 1. The largest absolute Gasteiger partial charge is 0.360 e. The van der Waals surface area contributed by atoms with Gasteiger partial charge in [-0.05, 0) is 12.1 Å².